The molecule has 0 radical (unpaired) electrons. The summed E-state index contributed by atoms with van der Waals surface area (Å²) < 4.78 is 5.08. The van der Waals surface area contributed by atoms with Crippen molar-refractivity contribution >= 4 is 6.03 Å². The highest BCUT2D eigenvalue weighted by Gasteiger charge is 2.25. The first kappa shape index (κ1) is 9.28. The molecule has 0 aromatic rings. The molecule has 70 valence electrons. The lowest BCUT2D eigenvalue weighted by molar-refractivity contribution is 0.186. The molecule has 0 bridgehead atoms. The monoisotopic (exact) mass is 173 g/mol. The largest absolute Gasteiger partial charge is 0.378 e. The van der Waals surface area contributed by atoms with Gasteiger partial charge in [0.1, 0.15) is 0 Å². The molecule has 1 aliphatic heterocycles. The first-order valence-corrected chi connectivity index (χ1v) is 4.11. The molecule has 2 unspecified atom stereocenters. The minimum absolute atomic E-state index is 0.0449. The second-order valence-electron chi connectivity index (χ2n) is 2.81. The van der Waals surface area contributed by atoms with Crippen LogP contribution in [0.4, 0.5) is 4.79 Å². The number of urea groups is 1. The highest BCUT2D eigenvalue weighted by molar-refractivity contribution is 5.74. The van der Waals surface area contributed by atoms with Crippen molar-refractivity contribution < 1.29 is 9.53 Å². The summed E-state index contributed by atoms with van der Waals surface area (Å²) in [4.78, 5) is 11.0. The number of rotatable bonds is 2. The van der Waals surface area contributed by atoms with Crippen LogP contribution in [-0.4, -0.2) is 37.9 Å². The Labute approximate surface area is 71.6 Å². The molecule has 0 spiro atoms. The summed E-state index contributed by atoms with van der Waals surface area (Å²) in [5.41, 5.74) is 5.66. The first-order valence-electron chi connectivity index (χ1n) is 4.11. The predicted molar refractivity (Wildman–Crippen MR) is 44.8 cm³/mol. The van der Waals surface area contributed by atoms with E-state index < -0.39 is 0 Å². The molecule has 2 atom stereocenters. The van der Waals surface area contributed by atoms with Gasteiger partial charge in [0.25, 0.3) is 0 Å². The molecule has 1 fully saturated rings. The van der Waals surface area contributed by atoms with Crippen molar-refractivity contribution in [2.45, 2.75) is 19.0 Å². The normalized spacial score (nSPS) is 28.5. The van der Waals surface area contributed by atoms with Gasteiger partial charge in [-0.25, -0.2) is 4.79 Å². The zero-order valence-electron chi connectivity index (χ0n) is 7.17. The van der Waals surface area contributed by atoms with E-state index in [-0.39, 0.29) is 18.1 Å². The maximum Gasteiger partial charge on any atom is 0.315 e. The van der Waals surface area contributed by atoms with Gasteiger partial charge in [0.05, 0.1) is 25.3 Å². The molecule has 4 N–H and O–H groups in total. The minimum Gasteiger partial charge on any atom is -0.378 e. The lowest BCUT2D eigenvalue weighted by atomic mass is 10.2. The van der Waals surface area contributed by atoms with Crippen molar-refractivity contribution in [2.75, 3.05) is 19.8 Å². The van der Waals surface area contributed by atoms with E-state index in [1.165, 1.54) is 0 Å². The van der Waals surface area contributed by atoms with Crippen molar-refractivity contribution in [3.05, 3.63) is 0 Å². The molecule has 0 saturated carbocycles. The van der Waals surface area contributed by atoms with Gasteiger partial charge in [-0.2, -0.15) is 0 Å². The number of carbonyl (C=O) groups is 1. The molecule has 5 heteroatoms. The van der Waals surface area contributed by atoms with Gasteiger partial charge in [0.2, 0.25) is 0 Å². The quantitative estimate of drug-likeness (QED) is 0.503. The lowest BCUT2D eigenvalue weighted by Gasteiger charge is -2.14. The molecule has 0 aromatic carbocycles. The van der Waals surface area contributed by atoms with Crippen molar-refractivity contribution in [1.82, 2.24) is 10.6 Å². The van der Waals surface area contributed by atoms with E-state index in [9.17, 15) is 4.79 Å². The highest BCUT2D eigenvalue weighted by atomic mass is 16.5. The Kier molecular flexibility index (Phi) is 3.31. The zero-order chi connectivity index (χ0) is 8.97. The van der Waals surface area contributed by atoms with Gasteiger partial charge in [0, 0.05) is 6.54 Å². The van der Waals surface area contributed by atoms with E-state index in [4.69, 9.17) is 10.5 Å². The van der Waals surface area contributed by atoms with Crippen LogP contribution in [0.3, 0.4) is 0 Å². The van der Waals surface area contributed by atoms with Crippen LogP contribution in [0, 0.1) is 0 Å². The molecule has 1 saturated heterocycles. The Bertz CT molecular complexity index is 163. The van der Waals surface area contributed by atoms with Crippen LogP contribution >= 0.6 is 0 Å². The van der Waals surface area contributed by atoms with E-state index in [1.807, 2.05) is 6.92 Å². The van der Waals surface area contributed by atoms with Gasteiger partial charge >= 0.3 is 6.03 Å². The molecule has 5 nitrogen and oxygen atoms in total. The fraction of sp³-hybridized carbons (Fsp3) is 0.857. The van der Waals surface area contributed by atoms with Gasteiger partial charge in [0.15, 0.2) is 0 Å². The number of hydrogen-bond acceptors (Lipinski definition) is 3. The van der Waals surface area contributed by atoms with Gasteiger partial charge in [-0.1, -0.05) is 0 Å². The van der Waals surface area contributed by atoms with Gasteiger partial charge in [-0.15, -0.1) is 0 Å². The Hall–Kier alpha value is -0.810. The first-order chi connectivity index (χ1) is 5.74. The maximum atomic E-state index is 11.0. The number of nitrogens with one attached hydrogen (secondary N) is 2. The standard InChI is InChI=1S/C7H15N3O2/c1-2-9-7(11)10-6-4-12-3-5(6)8/h5-6H,2-4,8H2,1H3,(H2,9,10,11). The highest BCUT2D eigenvalue weighted by Crippen LogP contribution is 2.01. The van der Waals surface area contributed by atoms with E-state index >= 15 is 0 Å². The summed E-state index contributed by atoms with van der Waals surface area (Å²) in [5.74, 6) is 0. The topological polar surface area (TPSA) is 76.4 Å². The van der Waals surface area contributed by atoms with Crippen LogP contribution in [0.25, 0.3) is 0 Å². The summed E-state index contributed by atoms with van der Waals surface area (Å²) >= 11 is 0. The minimum atomic E-state index is -0.177. The van der Waals surface area contributed by atoms with Gasteiger partial charge in [-0.05, 0) is 6.92 Å². The number of hydrogen-bond donors (Lipinski definition) is 3. The maximum absolute atomic E-state index is 11.0. The summed E-state index contributed by atoms with van der Waals surface area (Å²) in [5, 5.41) is 5.36. The van der Waals surface area contributed by atoms with E-state index in [0.717, 1.165) is 0 Å². The molecule has 1 rings (SSSR count). The summed E-state index contributed by atoms with van der Waals surface area (Å²) in [7, 11) is 0. The van der Waals surface area contributed by atoms with E-state index in [0.29, 0.717) is 19.8 Å². The third-order valence-electron chi connectivity index (χ3n) is 1.78. The van der Waals surface area contributed by atoms with Gasteiger partial charge < -0.3 is 21.1 Å². The summed E-state index contributed by atoms with van der Waals surface area (Å²) in [6.07, 6.45) is 0. The third-order valence-corrected chi connectivity index (χ3v) is 1.78. The Morgan fingerprint density at radius 3 is 2.92 bits per heavy atom. The Balaban J connectivity index is 2.25. The van der Waals surface area contributed by atoms with Crippen molar-refractivity contribution in [3.63, 3.8) is 0 Å². The van der Waals surface area contributed by atoms with Crippen molar-refractivity contribution in [1.29, 1.82) is 0 Å². The molecular weight excluding hydrogens is 158 g/mol. The second kappa shape index (κ2) is 4.27. The number of ether oxygens (including phenoxy) is 1. The van der Waals surface area contributed by atoms with Crippen LogP contribution in [0.2, 0.25) is 0 Å². The number of nitrogens with two attached hydrogens (primary N) is 1. The fourth-order valence-corrected chi connectivity index (χ4v) is 1.10. The molecule has 2 amide bonds. The van der Waals surface area contributed by atoms with Crippen LogP contribution < -0.4 is 16.4 Å². The molecule has 0 aliphatic carbocycles. The third kappa shape index (κ3) is 2.35. The molecule has 0 aromatic heterocycles. The molecule has 12 heavy (non-hydrogen) atoms. The second-order valence-corrected chi connectivity index (χ2v) is 2.81. The van der Waals surface area contributed by atoms with Crippen LogP contribution in [0.5, 0.6) is 0 Å². The van der Waals surface area contributed by atoms with Crippen LogP contribution in [0.15, 0.2) is 0 Å². The van der Waals surface area contributed by atoms with Crippen LogP contribution in [-0.2, 0) is 4.74 Å². The zero-order valence-corrected chi connectivity index (χ0v) is 7.17. The Morgan fingerprint density at radius 2 is 2.42 bits per heavy atom. The van der Waals surface area contributed by atoms with Crippen molar-refractivity contribution in [3.8, 4) is 0 Å². The van der Waals surface area contributed by atoms with Crippen molar-refractivity contribution in [2.24, 2.45) is 5.73 Å². The predicted octanol–water partition coefficient (Wildman–Crippen LogP) is -0.968. The number of carbonyl (C=O) groups excluding carboxylic acids is 1. The lowest BCUT2D eigenvalue weighted by Crippen LogP contribution is -2.50. The number of amides is 2. The molecular formula is C7H15N3O2. The fourth-order valence-electron chi connectivity index (χ4n) is 1.10. The van der Waals surface area contributed by atoms with E-state index in [1.54, 1.807) is 0 Å². The average Bonchev–Trinajstić information content (AvgIpc) is 2.37. The van der Waals surface area contributed by atoms with Gasteiger partial charge in [-0.3, -0.25) is 0 Å². The van der Waals surface area contributed by atoms with E-state index in [2.05, 4.69) is 10.6 Å². The van der Waals surface area contributed by atoms with Crippen LogP contribution in [0.1, 0.15) is 6.92 Å². The molecule has 1 aliphatic rings. The molecule has 1 heterocycles. The Morgan fingerprint density at radius 1 is 1.67 bits per heavy atom. The summed E-state index contributed by atoms with van der Waals surface area (Å²) in [6, 6.07) is -0.299. The average molecular weight is 173 g/mol. The SMILES string of the molecule is CCNC(=O)NC1COCC1N. The smallest absolute Gasteiger partial charge is 0.315 e. The summed E-state index contributed by atoms with van der Waals surface area (Å²) in [6.45, 7) is 3.52.